The molecule has 1 N–H and O–H groups in total. The van der Waals surface area contributed by atoms with Crippen LogP contribution in [0.3, 0.4) is 0 Å². The quantitative estimate of drug-likeness (QED) is 0.226. The van der Waals surface area contributed by atoms with E-state index < -0.39 is 11.8 Å². The second kappa shape index (κ2) is 12.2. The Morgan fingerprint density at radius 2 is 1.44 bits per heavy atom. The van der Waals surface area contributed by atoms with Crippen molar-refractivity contribution in [3.05, 3.63) is 36.4 Å². The van der Waals surface area contributed by atoms with Gasteiger partial charge in [-0.1, -0.05) is 83.3 Å². The number of imide groups is 1. The van der Waals surface area contributed by atoms with Gasteiger partial charge in [0.15, 0.2) is 0 Å². The van der Waals surface area contributed by atoms with E-state index in [-0.39, 0.29) is 29.8 Å². The first-order valence-electron chi connectivity index (χ1n) is 12.5. The molecule has 0 spiro atoms. The third-order valence-corrected chi connectivity index (χ3v) is 6.82. The van der Waals surface area contributed by atoms with Crippen LogP contribution in [-0.2, 0) is 14.3 Å². The minimum atomic E-state index is -0.458. The molecule has 2 fully saturated rings. The van der Waals surface area contributed by atoms with E-state index in [1.165, 1.54) is 68.4 Å². The number of rotatable bonds is 13. The molecule has 2 heterocycles. The molecule has 2 amide bonds. The summed E-state index contributed by atoms with van der Waals surface area (Å²) in [7, 11) is 0. The highest BCUT2D eigenvalue weighted by molar-refractivity contribution is 6.22. The van der Waals surface area contributed by atoms with Gasteiger partial charge < -0.3 is 9.84 Å². The molecule has 5 nitrogen and oxygen atoms in total. The molecule has 2 aliphatic heterocycles. The molecule has 4 unspecified atom stereocenters. The van der Waals surface area contributed by atoms with Gasteiger partial charge in [0.25, 0.3) is 0 Å². The minimum absolute atomic E-state index is 0.113. The number of ether oxygens (including phenoxy) is 1. The van der Waals surface area contributed by atoms with Gasteiger partial charge in [-0.05, 0) is 37.6 Å². The topological polar surface area (TPSA) is 66.8 Å². The minimum Gasteiger partial charge on any atom is -0.508 e. The number of benzene rings is 1. The van der Waals surface area contributed by atoms with E-state index in [2.05, 4.69) is 6.92 Å². The number of phenols is 1. The molecular formula is C27H39NO4. The van der Waals surface area contributed by atoms with Crippen LogP contribution in [0.5, 0.6) is 5.75 Å². The van der Waals surface area contributed by atoms with Gasteiger partial charge in [0.1, 0.15) is 5.75 Å². The van der Waals surface area contributed by atoms with Crippen molar-refractivity contribution < 1.29 is 19.4 Å². The number of hydrogen-bond acceptors (Lipinski definition) is 4. The molecule has 1 aromatic rings. The summed E-state index contributed by atoms with van der Waals surface area (Å²) in [6.45, 7) is 4.16. The molecule has 0 aliphatic carbocycles. The predicted octanol–water partition coefficient (Wildman–Crippen LogP) is 6.15. The maximum atomic E-state index is 13.3. The molecular weight excluding hydrogens is 402 g/mol. The zero-order valence-corrected chi connectivity index (χ0v) is 19.7. The second-order valence-corrected chi connectivity index (χ2v) is 9.22. The van der Waals surface area contributed by atoms with Crippen molar-refractivity contribution in [1.82, 2.24) is 0 Å². The van der Waals surface area contributed by atoms with Crippen molar-refractivity contribution in [2.24, 2.45) is 11.8 Å². The van der Waals surface area contributed by atoms with Crippen molar-refractivity contribution in [1.29, 1.82) is 0 Å². The Balaban J connectivity index is 1.52. The first-order valence-corrected chi connectivity index (χ1v) is 12.5. The Morgan fingerprint density at radius 3 is 2.03 bits per heavy atom. The van der Waals surface area contributed by atoms with Crippen LogP contribution in [0.2, 0.25) is 0 Å². The van der Waals surface area contributed by atoms with E-state index in [9.17, 15) is 14.7 Å². The van der Waals surface area contributed by atoms with Crippen molar-refractivity contribution in [2.75, 3.05) is 4.90 Å². The number of anilines is 1. The van der Waals surface area contributed by atoms with Crippen LogP contribution in [0.4, 0.5) is 5.69 Å². The van der Waals surface area contributed by atoms with Gasteiger partial charge in [0.05, 0.1) is 29.7 Å². The summed E-state index contributed by atoms with van der Waals surface area (Å²) >= 11 is 0. The Kier molecular flexibility index (Phi) is 9.34. The van der Waals surface area contributed by atoms with Crippen LogP contribution < -0.4 is 4.90 Å². The van der Waals surface area contributed by atoms with Gasteiger partial charge in [-0.25, -0.2) is 4.90 Å². The van der Waals surface area contributed by atoms with Crippen LogP contribution in [-0.4, -0.2) is 29.1 Å². The predicted molar refractivity (Wildman–Crippen MR) is 128 cm³/mol. The van der Waals surface area contributed by atoms with Gasteiger partial charge in [0, 0.05) is 0 Å². The monoisotopic (exact) mass is 441 g/mol. The van der Waals surface area contributed by atoms with Crippen LogP contribution in [0.1, 0.15) is 84.5 Å². The summed E-state index contributed by atoms with van der Waals surface area (Å²) in [4.78, 5) is 27.7. The SMILES string of the molecule is C/C=C\C1OC(CCCCCCCCCCCC)C2C(=O)N(c3ccc(O)cc3)C(=O)C12. The molecule has 2 saturated heterocycles. The van der Waals surface area contributed by atoms with Gasteiger partial charge in [0.2, 0.25) is 11.8 Å². The zero-order chi connectivity index (χ0) is 22.9. The van der Waals surface area contributed by atoms with E-state index in [1.807, 2.05) is 19.1 Å². The first-order chi connectivity index (χ1) is 15.6. The molecule has 3 rings (SSSR count). The number of unbranched alkanes of at least 4 members (excludes halogenated alkanes) is 9. The highest BCUT2D eigenvalue weighted by atomic mass is 16.5. The van der Waals surface area contributed by atoms with Crippen LogP contribution in [0, 0.1) is 11.8 Å². The normalized spacial score (nSPS) is 25.2. The summed E-state index contributed by atoms with van der Waals surface area (Å²) in [6.07, 6.45) is 16.7. The fraction of sp³-hybridized carbons (Fsp3) is 0.630. The Labute approximate surface area is 192 Å². The van der Waals surface area contributed by atoms with Gasteiger partial charge >= 0.3 is 0 Å². The summed E-state index contributed by atoms with van der Waals surface area (Å²) in [5, 5.41) is 9.55. The number of fused-ring (bicyclic) bond motifs is 1. The van der Waals surface area contributed by atoms with Crippen molar-refractivity contribution in [2.45, 2.75) is 96.7 Å². The largest absolute Gasteiger partial charge is 0.508 e. The lowest BCUT2D eigenvalue weighted by Gasteiger charge is -2.21. The smallest absolute Gasteiger partial charge is 0.240 e. The summed E-state index contributed by atoms with van der Waals surface area (Å²) < 4.78 is 6.20. The first kappa shape index (κ1) is 24.5. The highest BCUT2D eigenvalue weighted by Crippen LogP contribution is 2.44. The summed E-state index contributed by atoms with van der Waals surface area (Å²) in [6, 6.07) is 6.25. The van der Waals surface area contributed by atoms with E-state index in [1.54, 1.807) is 12.1 Å². The number of amides is 2. The Hall–Kier alpha value is -2.14. The van der Waals surface area contributed by atoms with Crippen LogP contribution in [0.25, 0.3) is 0 Å². The standard InChI is InChI=1S/C27H39NO4/c1-3-5-6-7-8-9-10-11-12-13-15-23-25-24(22(32-23)14-4-2)26(30)28(27(25)31)20-16-18-21(29)19-17-20/h4,14,16-19,22-25,29H,3,5-13,15H2,1-2H3/b14-4-. The number of phenolic OH excluding ortho intramolecular Hbond substituents is 1. The summed E-state index contributed by atoms with van der Waals surface area (Å²) in [5.41, 5.74) is 0.518. The van der Waals surface area contributed by atoms with E-state index in [4.69, 9.17) is 4.74 Å². The molecule has 0 radical (unpaired) electrons. The molecule has 1 aromatic carbocycles. The maximum absolute atomic E-state index is 13.3. The van der Waals surface area contributed by atoms with Crippen LogP contribution >= 0.6 is 0 Å². The lowest BCUT2D eigenvalue weighted by molar-refractivity contribution is -0.125. The van der Waals surface area contributed by atoms with Gasteiger partial charge in [-0.15, -0.1) is 0 Å². The number of hydrogen-bond donors (Lipinski definition) is 1. The fourth-order valence-corrected chi connectivity index (χ4v) is 5.11. The molecule has 4 atom stereocenters. The van der Waals surface area contributed by atoms with E-state index in [0.29, 0.717) is 5.69 Å². The molecule has 5 heteroatoms. The molecule has 176 valence electrons. The van der Waals surface area contributed by atoms with Gasteiger partial charge in [-0.3, -0.25) is 9.59 Å². The van der Waals surface area contributed by atoms with Crippen molar-refractivity contribution in [3.63, 3.8) is 0 Å². The molecule has 0 bridgehead atoms. The van der Waals surface area contributed by atoms with Crippen molar-refractivity contribution in [3.8, 4) is 5.75 Å². The van der Waals surface area contributed by atoms with Crippen molar-refractivity contribution >= 4 is 17.5 Å². The van der Waals surface area contributed by atoms with Crippen LogP contribution in [0.15, 0.2) is 36.4 Å². The molecule has 2 aliphatic rings. The number of nitrogens with zero attached hydrogens (tertiary/aromatic N) is 1. The molecule has 0 aromatic heterocycles. The fourth-order valence-electron chi connectivity index (χ4n) is 5.11. The van der Waals surface area contributed by atoms with E-state index in [0.717, 1.165) is 19.3 Å². The number of carbonyl (C=O) groups excluding carboxylic acids is 2. The van der Waals surface area contributed by atoms with Gasteiger partial charge in [-0.2, -0.15) is 0 Å². The number of aromatic hydroxyl groups is 1. The highest BCUT2D eigenvalue weighted by Gasteiger charge is 2.59. The maximum Gasteiger partial charge on any atom is 0.240 e. The number of allylic oxidation sites excluding steroid dienone is 1. The lowest BCUT2D eigenvalue weighted by atomic mass is 9.87. The zero-order valence-electron chi connectivity index (χ0n) is 19.7. The Morgan fingerprint density at radius 1 is 0.875 bits per heavy atom. The Bertz CT molecular complexity index is 772. The third kappa shape index (κ3) is 5.80. The second-order valence-electron chi connectivity index (χ2n) is 9.22. The summed E-state index contributed by atoms with van der Waals surface area (Å²) in [5.74, 6) is -1.13. The van der Waals surface area contributed by atoms with E-state index >= 15 is 0 Å². The molecule has 0 saturated carbocycles. The average Bonchev–Trinajstić information content (AvgIpc) is 3.26. The lowest BCUT2D eigenvalue weighted by Crippen LogP contribution is -2.35. The third-order valence-electron chi connectivity index (χ3n) is 6.82. The number of carbonyl (C=O) groups is 2. The molecule has 32 heavy (non-hydrogen) atoms. The average molecular weight is 442 g/mol.